The van der Waals surface area contributed by atoms with Gasteiger partial charge in [-0.2, -0.15) is 0 Å². The van der Waals surface area contributed by atoms with Gasteiger partial charge in [0.15, 0.2) is 5.13 Å². The van der Waals surface area contributed by atoms with Gasteiger partial charge in [-0.1, -0.05) is 11.3 Å². The molecule has 0 amide bonds. The lowest BCUT2D eigenvalue weighted by Gasteiger charge is -1.94. The molecule has 0 spiro atoms. The quantitative estimate of drug-likeness (QED) is 0.743. The number of aromatic nitrogens is 3. The van der Waals surface area contributed by atoms with Crippen molar-refractivity contribution in [1.29, 1.82) is 0 Å². The number of nitrogen functional groups attached to an aromatic ring is 1. The van der Waals surface area contributed by atoms with Crippen molar-refractivity contribution in [3.8, 4) is 10.6 Å². The monoisotopic (exact) mass is 192 g/mol. The predicted molar refractivity (Wildman–Crippen MR) is 52.3 cm³/mol. The van der Waals surface area contributed by atoms with Crippen LogP contribution in [0.2, 0.25) is 0 Å². The van der Waals surface area contributed by atoms with E-state index in [9.17, 15) is 0 Å². The summed E-state index contributed by atoms with van der Waals surface area (Å²) in [6.07, 6.45) is 5.16. The zero-order valence-corrected chi connectivity index (χ0v) is 7.88. The van der Waals surface area contributed by atoms with Gasteiger partial charge in [0.2, 0.25) is 0 Å². The molecule has 5 heteroatoms. The fourth-order valence-electron chi connectivity index (χ4n) is 0.926. The lowest BCUT2D eigenvalue weighted by atomic mass is 10.4. The first-order valence-electron chi connectivity index (χ1n) is 3.76. The summed E-state index contributed by atoms with van der Waals surface area (Å²) in [6, 6.07) is 0. The second kappa shape index (κ2) is 3.10. The molecule has 0 saturated carbocycles. The smallest absolute Gasteiger partial charge is 0.180 e. The summed E-state index contributed by atoms with van der Waals surface area (Å²) in [7, 11) is 0. The van der Waals surface area contributed by atoms with Gasteiger partial charge in [0.25, 0.3) is 0 Å². The molecule has 2 rings (SSSR count). The highest BCUT2D eigenvalue weighted by Gasteiger charge is 2.02. The molecule has 0 radical (unpaired) electrons. The Bertz CT molecular complexity index is 406. The van der Waals surface area contributed by atoms with Gasteiger partial charge < -0.3 is 5.73 Å². The minimum absolute atomic E-state index is 0.553. The van der Waals surface area contributed by atoms with E-state index in [-0.39, 0.29) is 0 Å². The van der Waals surface area contributed by atoms with E-state index >= 15 is 0 Å². The molecule has 2 aromatic heterocycles. The van der Waals surface area contributed by atoms with E-state index in [1.54, 1.807) is 18.6 Å². The van der Waals surface area contributed by atoms with E-state index in [2.05, 4.69) is 15.0 Å². The van der Waals surface area contributed by atoms with Crippen LogP contribution in [0.25, 0.3) is 10.6 Å². The van der Waals surface area contributed by atoms with Gasteiger partial charge in [-0.25, -0.2) is 4.98 Å². The Morgan fingerprint density at radius 3 is 2.54 bits per heavy atom. The van der Waals surface area contributed by atoms with Crippen LogP contribution < -0.4 is 5.73 Å². The third-order valence-corrected chi connectivity index (χ3v) is 2.41. The number of nitrogens with two attached hydrogens (primary N) is 1. The Morgan fingerprint density at radius 1 is 1.15 bits per heavy atom. The molecule has 0 aliphatic heterocycles. The largest absolute Gasteiger partial charge is 0.375 e. The Morgan fingerprint density at radius 2 is 2.00 bits per heavy atom. The number of thiazole rings is 1. The molecule has 0 bridgehead atoms. The van der Waals surface area contributed by atoms with Crippen molar-refractivity contribution in [2.45, 2.75) is 6.92 Å². The van der Waals surface area contributed by atoms with Crippen molar-refractivity contribution in [2.24, 2.45) is 0 Å². The molecular weight excluding hydrogens is 184 g/mol. The van der Waals surface area contributed by atoms with E-state index in [0.717, 1.165) is 16.3 Å². The highest BCUT2D eigenvalue weighted by Crippen LogP contribution is 2.24. The first-order valence-corrected chi connectivity index (χ1v) is 4.57. The average molecular weight is 192 g/mol. The van der Waals surface area contributed by atoms with Crippen molar-refractivity contribution in [2.75, 3.05) is 5.73 Å². The number of anilines is 1. The van der Waals surface area contributed by atoms with Crippen LogP contribution in [0.4, 0.5) is 5.13 Å². The number of nitrogens with zero attached hydrogens (tertiary/aromatic N) is 3. The third-order valence-electron chi connectivity index (χ3n) is 1.56. The van der Waals surface area contributed by atoms with Crippen LogP contribution >= 0.6 is 11.3 Å². The van der Waals surface area contributed by atoms with E-state index in [1.807, 2.05) is 6.92 Å². The Labute approximate surface area is 79.5 Å². The lowest BCUT2D eigenvalue weighted by Crippen LogP contribution is -1.85. The van der Waals surface area contributed by atoms with E-state index in [4.69, 9.17) is 5.73 Å². The number of rotatable bonds is 1. The Balaban J connectivity index is 2.41. The summed E-state index contributed by atoms with van der Waals surface area (Å²) in [6.45, 7) is 1.90. The molecule has 0 fully saturated rings. The fourth-order valence-corrected chi connectivity index (χ4v) is 1.57. The lowest BCUT2D eigenvalue weighted by molar-refractivity contribution is 1.12. The van der Waals surface area contributed by atoms with Crippen LogP contribution in [0.15, 0.2) is 18.6 Å². The van der Waals surface area contributed by atoms with E-state index < -0.39 is 0 Å². The molecule has 13 heavy (non-hydrogen) atoms. The minimum atomic E-state index is 0.553. The van der Waals surface area contributed by atoms with Crippen molar-refractivity contribution < 1.29 is 0 Å². The third kappa shape index (κ3) is 1.65. The maximum Gasteiger partial charge on any atom is 0.180 e. The maximum absolute atomic E-state index is 5.51. The van der Waals surface area contributed by atoms with E-state index in [0.29, 0.717) is 5.13 Å². The van der Waals surface area contributed by atoms with Gasteiger partial charge in [0, 0.05) is 12.4 Å². The van der Waals surface area contributed by atoms with Gasteiger partial charge in [-0.3, -0.25) is 9.97 Å². The summed E-state index contributed by atoms with van der Waals surface area (Å²) < 4.78 is 0. The van der Waals surface area contributed by atoms with Crippen LogP contribution in [0.1, 0.15) is 5.69 Å². The van der Waals surface area contributed by atoms with Crippen LogP contribution in [0.5, 0.6) is 0 Å². The van der Waals surface area contributed by atoms with Crippen molar-refractivity contribution in [1.82, 2.24) is 15.0 Å². The first-order chi connectivity index (χ1) is 6.25. The molecule has 0 aromatic carbocycles. The van der Waals surface area contributed by atoms with Gasteiger partial charge in [-0.05, 0) is 6.92 Å². The molecule has 2 aromatic rings. The molecule has 66 valence electrons. The van der Waals surface area contributed by atoms with Crippen LogP contribution in [0, 0.1) is 6.92 Å². The van der Waals surface area contributed by atoms with Gasteiger partial charge >= 0.3 is 0 Å². The van der Waals surface area contributed by atoms with Gasteiger partial charge in [0.1, 0.15) is 5.69 Å². The molecule has 0 aliphatic rings. The predicted octanol–water partition coefficient (Wildman–Crippen LogP) is 1.49. The summed E-state index contributed by atoms with van der Waals surface area (Å²) >= 11 is 1.41. The molecule has 0 atom stereocenters. The maximum atomic E-state index is 5.51. The second-order valence-electron chi connectivity index (χ2n) is 2.61. The summed E-state index contributed by atoms with van der Waals surface area (Å²) in [5, 5.41) is 0.553. The summed E-state index contributed by atoms with van der Waals surface area (Å²) in [4.78, 5) is 13.2. The highest BCUT2D eigenvalue weighted by atomic mass is 32.1. The SMILES string of the molecule is Cc1cnc(-c2cnc(N)s2)cn1. The zero-order valence-electron chi connectivity index (χ0n) is 7.06. The molecule has 0 saturated heterocycles. The topological polar surface area (TPSA) is 64.7 Å². The molecule has 0 aliphatic carbocycles. The zero-order chi connectivity index (χ0) is 9.26. The van der Waals surface area contributed by atoms with Gasteiger partial charge in [-0.15, -0.1) is 0 Å². The summed E-state index contributed by atoms with van der Waals surface area (Å²) in [5.41, 5.74) is 7.23. The van der Waals surface area contributed by atoms with Crippen molar-refractivity contribution in [3.05, 3.63) is 24.3 Å². The highest BCUT2D eigenvalue weighted by molar-refractivity contribution is 7.18. The average Bonchev–Trinajstić information content (AvgIpc) is 2.53. The molecule has 2 heterocycles. The van der Waals surface area contributed by atoms with Crippen LogP contribution in [-0.4, -0.2) is 15.0 Å². The molecule has 0 unspecified atom stereocenters. The molecule has 2 N–H and O–H groups in total. The number of hydrogen-bond acceptors (Lipinski definition) is 5. The summed E-state index contributed by atoms with van der Waals surface area (Å²) in [5.74, 6) is 0. The number of aryl methyl sites for hydroxylation is 1. The standard InChI is InChI=1S/C8H8N4S/c1-5-2-11-6(3-10-5)7-4-12-8(9)13-7/h2-4H,1H3,(H2,9,12). The fraction of sp³-hybridized carbons (Fsp3) is 0.125. The Hall–Kier alpha value is -1.49. The van der Waals surface area contributed by atoms with E-state index in [1.165, 1.54) is 11.3 Å². The number of hydrogen-bond donors (Lipinski definition) is 1. The minimum Gasteiger partial charge on any atom is -0.375 e. The van der Waals surface area contributed by atoms with Crippen LogP contribution in [-0.2, 0) is 0 Å². The first kappa shape index (κ1) is 8.12. The molecular formula is C8H8N4S. The molecule has 4 nitrogen and oxygen atoms in total. The van der Waals surface area contributed by atoms with Crippen molar-refractivity contribution in [3.63, 3.8) is 0 Å². The van der Waals surface area contributed by atoms with Gasteiger partial charge in [0.05, 0.1) is 16.8 Å². The van der Waals surface area contributed by atoms with Crippen molar-refractivity contribution >= 4 is 16.5 Å². The normalized spacial score (nSPS) is 10.2. The second-order valence-corrected chi connectivity index (χ2v) is 3.67. The van der Waals surface area contributed by atoms with Crippen LogP contribution in [0.3, 0.4) is 0 Å². The Kier molecular flexibility index (Phi) is 1.94.